The number of aliphatic hydroxyl groups is 2. The zero-order valence-electron chi connectivity index (χ0n) is 18.0. The molecule has 1 rings (SSSR count). The highest BCUT2D eigenvalue weighted by Gasteiger charge is 2.14. The van der Waals surface area contributed by atoms with Gasteiger partial charge in [0.1, 0.15) is 11.3 Å². The Morgan fingerprint density at radius 2 is 1.41 bits per heavy atom. The Bertz CT molecular complexity index is 572. The van der Waals surface area contributed by atoms with Crippen molar-refractivity contribution in [3.05, 3.63) is 29.3 Å². The van der Waals surface area contributed by atoms with Gasteiger partial charge in [0.2, 0.25) is 0 Å². The van der Waals surface area contributed by atoms with E-state index in [4.69, 9.17) is 0 Å². The molecule has 1 aromatic carbocycles. The van der Waals surface area contributed by atoms with Crippen LogP contribution in [0.25, 0.3) is 0 Å². The van der Waals surface area contributed by atoms with Crippen LogP contribution in [0.15, 0.2) is 18.2 Å². The molecular weight excluding hydrogens is 368 g/mol. The van der Waals surface area contributed by atoms with Crippen molar-refractivity contribution in [1.82, 2.24) is 0 Å². The normalized spacial score (nSPS) is 13.3. The molecule has 0 heterocycles. The minimum Gasteiger partial charge on any atom is -0.507 e. The lowest BCUT2D eigenvalue weighted by atomic mass is 9.99. The fourth-order valence-corrected chi connectivity index (χ4v) is 3.86. The molecule has 0 amide bonds. The second-order valence-corrected chi connectivity index (χ2v) is 8.17. The van der Waals surface area contributed by atoms with Crippen molar-refractivity contribution < 1.29 is 25.2 Å². The molecule has 29 heavy (non-hydrogen) atoms. The summed E-state index contributed by atoms with van der Waals surface area (Å²) in [7, 11) is 0. The number of hydrogen-bond donors (Lipinski definition) is 4. The number of phenols is 1. The van der Waals surface area contributed by atoms with Crippen molar-refractivity contribution in [1.29, 1.82) is 0 Å². The summed E-state index contributed by atoms with van der Waals surface area (Å²) in [5.41, 5.74) is 0.749. The molecule has 4 N–H and O–H groups in total. The maximum absolute atomic E-state index is 11.3. The summed E-state index contributed by atoms with van der Waals surface area (Å²) < 4.78 is 0. The highest BCUT2D eigenvalue weighted by Crippen LogP contribution is 2.23. The average molecular weight is 409 g/mol. The second kappa shape index (κ2) is 15.3. The van der Waals surface area contributed by atoms with Crippen LogP contribution in [0.3, 0.4) is 0 Å². The highest BCUT2D eigenvalue weighted by molar-refractivity contribution is 5.92. The van der Waals surface area contributed by atoms with Crippen molar-refractivity contribution >= 4 is 5.97 Å². The fourth-order valence-electron chi connectivity index (χ4n) is 3.86. The lowest BCUT2D eigenvalue weighted by Gasteiger charge is -2.14. The third kappa shape index (κ3) is 11.2. The van der Waals surface area contributed by atoms with Gasteiger partial charge in [-0.15, -0.1) is 0 Å². The molecule has 1 aromatic rings. The number of rotatable bonds is 17. The fraction of sp³-hybridized carbons (Fsp3) is 0.708. The number of carbonyl (C=O) groups is 1. The van der Waals surface area contributed by atoms with Crippen LogP contribution in [0.1, 0.15) is 106 Å². The van der Waals surface area contributed by atoms with E-state index in [-0.39, 0.29) is 23.5 Å². The van der Waals surface area contributed by atoms with Gasteiger partial charge in [0.15, 0.2) is 0 Å². The van der Waals surface area contributed by atoms with Gasteiger partial charge in [-0.05, 0) is 43.7 Å². The highest BCUT2D eigenvalue weighted by atomic mass is 16.4. The van der Waals surface area contributed by atoms with Gasteiger partial charge in [-0.2, -0.15) is 0 Å². The number of aromatic carboxylic acids is 1. The Morgan fingerprint density at radius 1 is 0.862 bits per heavy atom. The number of hydrogen-bond acceptors (Lipinski definition) is 4. The summed E-state index contributed by atoms with van der Waals surface area (Å²) in [6.45, 7) is 2.04. The van der Waals surface area contributed by atoms with Crippen molar-refractivity contribution in [3.63, 3.8) is 0 Å². The number of carboxylic acids is 1. The molecule has 0 radical (unpaired) electrons. The predicted octanol–water partition coefficient (Wildman–Crippen LogP) is 5.45. The van der Waals surface area contributed by atoms with Crippen LogP contribution in [0.5, 0.6) is 5.75 Å². The van der Waals surface area contributed by atoms with Crippen LogP contribution in [0.2, 0.25) is 0 Å². The monoisotopic (exact) mass is 408 g/mol. The number of carboxylic acid groups (broad SMARTS) is 1. The summed E-state index contributed by atoms with van der Waals surface area (Å²) in [5, 5.41) is 38.5. The molecule has 0 aliphatic rings. The first-order valence-corrected chi connectivity index (χ1v) is 11.4. The lowest BCUT2D eigenvalue weighted by Crippen LogP contribution is -2.17. The Kier molecular flexibility index (Phi) is 13.4. The van der Waals surface area contributed by atoms with E-state index in [1.807, 2.05) is 6.92 Å². The van der Waals surface area contributed by atoms with E-state index < -0.39 is 5.97 Å². The first kappa shape index (κ1) is 25.4. The van der Waals surface area contributed by atoms with Crippen LogP contribution in [0, 0.1) is 0 Å². The van der Waals surface area contributed by atoms with E-state index in [2.05, 4.69) is 0 Å². The minimum absolute atomic E-state index is 0.0393. The van der Waals surface area contributed by atoms with Crippen LogP contribution in [-0.2, 0) is 6.42 Å². The Hall–Kier alpha value is -1.59. The van der Waals surface area contributed by atoms with Crippen LogP contribution in [-0.4, -0.2) is 38.6 Å². The largest absolute Gasteiger partial charge is 0.507 e. The molecule has 2 atom stereocenters. The minimum atomic E-state index is -1.07. The van der Waals surface area contributed by atoms with Crippen LogP contribution >= 0.6 is 0 Å². The third-order valence-electron chi connectivity index (χ3n) is 5.49. The summed E-state index contributed by atoms with van der Waals surface area (Å²) in [5.74, 6) is -1.22. The topological polar surface area (TPSA) is 98.0 Å². The second-order valence-electron chi connectivity index (χ2n) is 8.17. The predicted molar refractivity (Wildman–Crippen MR) is 116 cm³/mol. The zero-order valence-corrected chi connectivity index (χ0v) is 18.0. The molecule has 0 fully saturated rings. The molecule has 0 spiro atoms. The molecule has 5 nitrogen and oxygen atoms in total. The van der Waals surface area contributed by atoms with Crippen molar-refractivity contribution in [2.75, 3.05) is 0 Å². The van der Waals surface area contributed by atoms with E-state index in [9.17, 15) is 25.2 Å². The number of aryl methyl sites for hydroxylation is 1. The van der Waals surface area contributed by atoms with E-state index in [0.717, 1.165) is 51.4 Å². The van der Waals surface area contributed by atoms with Gasteiger partial charge in [0.05, 0.1) is 12.2 Å². The third-order valence-corrected chi connectivity index (χ3v) is 5.49. The SMILES string of the molecule is CCC[C@@H](O)C[C@H](O)CCCCCCCCCCCc1cccc(O)c1C(=O)O. The number of benzene rings is 1. The zero-order chi connectivity index (χ0) is 21.5. The van der Waals surface area contributed by atoms with E-state index in [0.29, 0.717) is 18.4 Å². The molecule has 0 saturated carbocycles. The van der Waals surface area contributed by atoms with Gasteiger partial charge in [0, 0.05) is 0 Å². The average Bonchev–Trinajstić information content (AvgIpc) is 2.65. The van der Waals surface area contributed by atoms with Crippen LogP contribution in [0.4, 0.5) is 0 Å². The molecule has 0 bridgehead atoms. The molecule has 0 aromatic heterocycles. The van der Waals surface area contributed by atoms with E-state index >= 15 is 0 Å². The molecular formula is C24H40O5. The van der Waals surface area contributed by atoms with Gasteiger partial charge >= 0.3 is 5.97 Å². The molecule has 166 valence electrons. The van der Waals surface area contributed by atoms with Gasteiger partial charge < -0.3 is 20.4 Å². The van der Waals surface area contributed by atoms with E-state index in [1.54, 1.807) is 12.1 Å². The van der Waals surface area contributed by atoms with Crippen molar-refractivity contribution in [3.8, 4) is 5.75 Å². The summed E-state index contributed by atoms with van der Waals surface area (Å²) >= 11 is 0. The maximum Gasteiger partial charge on any atom is 0.339 e. The first-order chi connectivity index (χ1) is 14.0. The first-order valence-electron chi connectivity index (χ1n) is 11.4. The summed E-state index contributed by atoms with van der Waals surface area (Å²) in [4.78, 5) is 11.3. The smallest absolute Gasteiger partial charge is 0.339 e. The van der Waals surface area contributed by atoms with Crippen LogP contribution < -0.4 is 0 Å². The summed E-state index contributed by atoms with van der Waals surface area (Å²) in [6, 6.07) is 4.90. The Balaban J connectivity index is 1.99. The van der Waals surface area contributed by atoms with Gasteiger partial charge in [-0.1, -0.05) is 76.8 Å². The Labute approximate surface area is 175 Å². The molecule has 0 unspecified atom stereocenters. The molecule has 5 heteroatoms. The number of aromatic hydroxyl groups is 1. The summed E-state index contributed by atoms with van der Waals surface area (Å²) in [6.07, 6.45) is 13.1. The Morgan fingerprint density at radius 3 is 2.00 bits per heavy atom. The molecule has 0 saturated heterocycles. The number of unbranched alkanes of at least 4 members (excludes halogenated alkanes) is 8. The van der Waals surface area contributed by atoms with Crippen molar-refractivity contribution in [2.24, 2.45) is 0 Å². The standard InChI is InChI=1S/C24H40O5/c1-2-13-20(25)18-21(26)16-11-9-7-5-3-4-6-8-10-14-19-15-12-17-22(27)23(19)24(28)29/h12,15,17,20-21,25-27H,2-11,13-14,16,18H2,1H3,(H,28,29)/t20-,21-/m1/s1. The quantitative estimate of drug-likeness (QED) is 0.257. The van der Waals surface area contributed by atoms with Gasteiger partial charge in [0.25, 0.3) is 0 Å². The lowest BCUT2D eigenvalue weighted by molar-refractivity contribution is 0.0683. The van der Waals surface area contributed by atoms with Gasteiger partial charge in [-0.25, -0.2) is 4.79 Å². The molecule has 0 aliphatic heterocycles. The maximum atomic E-state index is 11.3. The van der Waals surface area contributed by atoms with E-state index in [1.165, 1.54) is 31.7 Å². The van der Waals surface area contributed by atoms with Gasteiger partial charge in [-0.3, -0.25) is 0 Å². The van der Waals surface area contributed by atoms with Crippen molar-refractivity contribution in [2.45, 2.75) is 109 Å². The number of aliphatic hydroxyl groups excluding tert-OH is 2. The molecule has 0 aliphatic carbocycles.